The highest BCUT2D eigenvalue weighted by atomic mass is 14.6. The Morgan fingerprint density at radius 3 is 1.60 bits per heavy atom. The van der Waals surface area contributed by atoms with Crippen molar-refractivity contribution >= 4 is 0 Å². The monoisotopic (exact) mass is 139 g/mol. The van der Waals surface area contributed by atoms with Gasteiger partial charge in [0, 0.05) is 6.04 Å². The molecule has 0 aromatic rings. The molecule has 0 atom stereocenters. The molecule has 0 amide bonds. The molecule has 1 nitrogen and oxygen atoms in total. The number of hydrogen-bond donors (Lipinski definition) is 0. The van der Waals surface area contributed by atoms with Crippen LogP contribution in [0.15, 0.2) is 0 Å². The summed E-state index contributed by atoms with van der Waals surface area (Å²) in [5, 5.41) is 0. The van der Waals surface area contributed by atoms with Gasteiger partial charge in [-0.1, -0.05) is 38.5 Å². The lowest BCUT2D eigenvalue weighted by Gasteiger charge is -2.04. The molecule has 0 unspecified atom stereocenters. The number of hydrogen-bond acceptors (Lipinski definition) is 0. The maximum atomic E-state index is 9.34. The van der Waals surface area contributed by atoms with Crippen molar-refractivity contribution in [3.8, 4) is 0 Å². The molecule has 0 saturated heterocycles. The first kappa shape index (κ1) is 8.06. The van der Waals surface area contributed by atoms with Crippen molar-refractivity contribution in [2.75, 3.05) is 0 Å². The van der Waals surface area contributed by atoms with Crippen LogP contribution in [0.3, 0.4) is 0 Å². The molecule has 0 N–H and O–H groups in total. The smallest absolute Gasteiger partial charge is 0.0433 e. The lowest BCUT2D eigenvalue weighted by atomic mass is 10.1. The maximum Gasteiger partial charge on any atom is 0.0433 e. The van der Waals surface area contributed by atoms with Crippen LogP contribution in [0, 0.1) is 0 Å². The Morgan fingerprint density at radius 1 is 0.700 bits per heavy atom. The molecule has 1 saturated carbocycles. The molecule has 0 heterocycles. The second-order valence-corrected chi connectivity index (χ2v) is 3.35. The average molecular weight is 139 g/mol. The molecule has 1 heteroatoms. The predicted octanol–water partition coefficient (Wildman–Crippen LogP) is 2.56. The Labute approximate surface area is 64.0 Å². The van der Waals surface area contributed by atoms with Gasteiger partial charge in [-0.05, 0) is 12.8 Å². The van der Waals surface area contributed by atoms with Crippen LogP contribution in [0.25, 0.3) is 0 Å². The molecule has 0 aromatic carbocycles. The van der Waals surface area contributed by atoms with E-state index in [9.17, 15) is 5.73 Å². The Morgan fingerprint density at radius 2 is 1.10 bits per heavy atom. The van der Waals surface area contributed by atoms with Gasteiger partial charge in [-0.25, -0.2) is 0 Å². The Balaban J connectivity index is 2.15. The van der Waals surface area contributed by atoms with Gasteiger partial charge < -0.3 is 0 Å². The van der Waals surface area contributed by atoms with Crippen LogP contribution < -0.4 is 5.73 Å². The zero-order chi connectivity index (χ0) is 7.23. The number of nitrogens with zero attached hydrogens (tertiary/aromatic N) is 1. The van der Waals surface area contributed by atoms with E-state index >= 15 is 0 Å². The van der Waals surface area contributed by atoms with Crippen LogP contribution in [0.5, 0.6) is 0 Å². The topological polar surface area (TPSA) is 22.3 Å². The molecule has 10 heavy (non-hydrogen) atoms. The summed E-state index contributed by atoms with van der Waals surface area (Å²) in [4.78, 5) is 0. The normalized spacial score (nSPS) is 24.9. The van der Waals surface area contributed by atoms with Crippen molar-refractivity contribution in [3.63, 3.8) is 0 Å². The fourth-order valence-electron chi connectivity index (χ4n) is 1.61. The molecule has 0 bridgehead atoms. The van der Waals surface area contributed by atoms with Gasteiger partial charge in [-0.3, -0.25) is 0 Å². The highest BCUT2D eigenvalue weighted by Gasteiger charge is 2.05. The third-order valence-corrected chi connectivity index (χ3v) is 2.32. The van der Waals surface area contributed by atoms with Crippen molar-refractivity contribution in [1.29, 1.82) is 0 Å². The van der Waals surface area contributed by atoms with E-state index in [0.29, 0.717) is 0 Å². The van der Waals surface area contributed by atoms with Crippen LogP contribution in [-0.2, 0) is 0 Å². The summed E-state index contributed by atoms with van der Waals surface area (Å²) >= 11 is 0. The van der Waals surface area contributed by atoms with Gasteiger partial charge in [-0.2, -0.15) is 0 Å². The lowest BCUT2D eigenvalue weighted by Crippen LogP contribution is -2.07. The van der Waals surface area contributed by atoms with Gasteiger partial charge in [0.1, 0.15) is 0 Å². The van der Waals surface area contributed by atoms with Crippen LogP contribution in [-0.4, -0.2) is 6.04 Å². The molecule has 0 aromatic heterocycles. The molecular weight excluding hydrogens is 122 g/mol. The van der Waals surface area contributed by atoms with E-state index in [1.165, 1.54) is 38.5 Å². The first-order valence-electron chi connectivity index (χ1n) is 4.57. The van der Waals surface area contributed by atoms with E-state index < -0.39 is 0 Å². The molecule has 1 fully saturated rings. The summed E-state index contributed by atoms with van der Waals surface area (Å²) in [6.45, 7) is 0. The average Bonchev–Trinajstić information content (AvgIpc) is 2.02. The Hall–Kier alpha value is -0.0400. The third-order valence-electron chi connectivity index (χ3n) is 2.32. The second kappa shape index (κ2) is 4.73. The molecular formula is C9H17N. The maximum absolute atomic E-state index is 9.34. The quantitative estimate of drug-likeness (QED) is 0.492. The lowest BCUT2D eigenvalue weighted by molar-refractivity contribution is 0.521. The predicted molar refractivity (Wildman–Crippen MR) is 42.9 cm³/mol. The van der Waals surface area contributed by atoms with E-state index in [1.807, 2.05) is 0 Å². The van der Waals surface area contributed by atoms with Crippen LogP contribution >= 0.6 is 0 Å². The summed E-state index contributed by atoms with van der Waals surface area (Å²) in [5.74, 6) is 0. The SMILES string of the molecule is [N]C1CCCCCCCC1. The highest BCUT2D eigenvalue weighted by Crippen LogP contribution is 2.15. The first-order valence-corrected chi connectivity index (χ1v) is 4.57. The highest BCUT2D eigenvalue weighted by molar-refractivity contribution is 4.63. The minimum atomic E-state index is 0.0121. The minimum absolute atomic E-state index is 0.0121. The molecule has 1 aliphatic carbocycles. The number of rotatable bonds is 0. The molecule has 0 aliphatic heterocycles. The van der Waals surface area contributed by atoms with E-state index in [4.69, 9.17) is 0 Å². The first-order chi connectivity index (χ1) is 4.89. The second-order valence-electron chi connectivity index (χ2n) is 3.35. The Kier molecular flexibility index (Phi) is 3.81. The van der Waals surface area contributed by atoms with E-state index in [0.717, 1.165) is 12.8 Å². The summed E-state index contributed by atoms with van der Waals surface area (Å²) in [6.07, 6.45) is 9.98. The van der Waals surface area contributed by atoms with E-state index in [1.54, 1.807) is 0 Å². The third kappa shape index (κ3) is 3.21. The van der Waals surface area contributed by atoms with Gasteiger partial charge in [-0.15, -0.1) is 5.73 Å². The van der Waals surface area contributed by atoms with Crippen molar-refractivity contribution < 1.29 is 0 Å². The fourth-order valence-corrected chi connectivity index (χ4v) is 1.61. The molecule has 2 radical (unpaired) electrons. The summed E-state index contributed by atoms with van der Waals surface area (Å²) in [5.41, 5.74) is 9.34. The van der Waals surface area contributed by atoms with Gasteiger partial charge in [0.25, 0.3) is 0 Å². The summed E-state index contributed by atoms with van der Waals surface area (Å²) in [6, 6.07) is 0.0121. The molecule has 0 spiro atoms. The van der Waals surface area contributed by atoms with Gasteiger partial charge >= 0.3 is 0 Å². The van der Waals surface area contributed by atoms with Crippen molar-refractivity contribution in [2.24, 2.45) is 0 Å². The summed E-state index contributed by atoms with van der Waals surface area (Å²) in [7, 11) is 0. The van der Waals surface area contributed by atoms with Crippen molar-refractivity contribution in [3.05, 3.63) is 0 Å². The zero-order valence-corrected chi connectivity index (χ0v) is 6.68. The molecule has 1 rings (SSSR count). The standard InChI is InChI=1S/C9H17N/c10-9-7-5-3-1-2-4-6-8-9/h9H,1-8H2. The van der Waals surface area contributed by atoms with Crippen LogP contribution in [0.4, 0.5) is 0 Å². The molecule has 1 aliphatic rings. The van der Waals surface area contributed by atoms with Crippen LogP contribution in [0.1, 0.15) is 51.4 Å². The largest absolute Gasteiger partial charge is 0.141 e. The van der Waals surface area contributed by atoms with E-state index in [-0.39, 0.29) is 6.04 Å². The van der Waals surface area contributed by atoms with Crippen molar-refractivity contribution in [1.82, 2.24) is 5.73 Å². The fraction of sp³-hybridized carbons (Fsp3) is 1.00. The van der Waals surface area contributed by atoms with E-state index in [2.05, 4.69) is 0 Å². The van der Waals surface area contributed by atoms with Gasteiger partial charge in [0.05, 0.1) is 0 Å². The van der Waals surface area contributed by atoms with Crippen LogP contribution in [0.2, 0.25) is 0 Å². The van der Waals surface area contributed by atoms with Gasteiger partial charge in [0.2, 0.25) is 0 Å². The zero-order valence-electron chi connectivity index (χ0n) is 6.68. The summed E-state index contributed by atoms with van der Waals surface area (Å²) < 4.78 is 0. The van der Waals surface area contributed by atoms with Gasteiger partial charge in [0.15, 0.2) is 0 Å². The molecule has 58 valence electrons. The Bertz CT molecular complexity index is 70.8. The van der Waals surface area contributed by atoms with Crippen molar-refractivity contribution in [2.45, 2.75) is 57.4 Å². The minimum Gasteiger partial charge on any atom is -0.141 e.